The number of carbonyl (C=O) groups is 1. The first-order chi connectivity index (χ1) is 12.0. The second-order valence-corrected chi connectivity index (χ2v) is 6.13. The highest BCUT2D eigenvalue weighted by molar-refractivity contribution is 6.34. The Morgan fingerprint density at radius 2 is 1.80 bits per heavy atom. The number of nitro benzene ring substituents is 1. The number of nitrogens with one attached hydrogen (secondary N) is 1. The Morgan fingerprint density at radius 3 is 2.48 bits per heavy atom. The normalized spacial score (nSPS) is 11.9. The van der Waals surface area contributed by atoms with Gasteiger partial charge in [-0.1, -0.05) is 48.0 Å². The molecule has 0 fully saturated rings. The van der Waals surface area contributed by atoms with Crippen molar-refractivity contribution >= 4 is 34.0 Å². The van der Waals surface area contributed by atoms with Crippen LogP contribution in [0.2, 0.25) is 5.02 Å². The lowest BCUT2D eigenvalue weighted by atomic mass is 10.0. The lowest BCUT2D eigenvalue weighted by molar-refractivity contribution is -0.384. The Hall–Kier alpha value is -2.92. The maximum absolute atomic E-state index is 12.4. The van der Waals surface area contributed by atoms with Crippen molar-refractivity contribution in [3.05, 3.63) is 86.9 Å². The highest BCUT2D eigenvalue weighted by Crippen LogP contribution is 2.24. The van der Waals surface area contributed by atoms with E-state index in [1.807, 2.05) is 49.4 Å². The van der Waals surface area contributed by atoms with Gasteiger partial charge in [-0.2, -0.15) is 0 Å². The van der Waals surface area contributed by atoms with Crippen molar-refractivity contribution in [2.75, 3.05) is 0 Å². The van der Waals surface area contributed by atoms with E-state index in [1.54, 1.807) is 0 Å². The number of nitrogens with zero attached hydrogens (tertiary/aromatic N) is 1. The second kappa shape index (κ2) is 6.91. The van der Waals surface area contributed by atoms with Crippen LogP contribution in [0.15, 0.2) is 60.7 Å². The lowest BCUT2D eigenvalue weighted by Crippen LogP contribution is -2.26. The predicted molar refractivity (Wildman–Crippen MR) is 97.9 cm³/mol. The standard InChI is InChI=1S/C19H15ClN2O3/c1-12(14-7-6-13-4-2-3-5-15(13)10-14)21-19(23)17-9-8-16(22(24)25)11-18(17)20/h2-12H,1H3,(H,21,23)/t12-/m1/s1. The van der Waals surface area contributed by atoms with Crippen molar-refractivity contribution in [3.63, 3.8) is 0 Å². The van der Waals surface area contributed by atoms with Gasteiger partial charge < -0.3 is 5.32 Å². The van der Waals surface area contributed by atoms with Crippen LogP contribution in [0.3, 0.4) is 0 Å². The fourth-order valence-corrected chi connectivity index (χ4v) is 2.90. The largest absolute Gasteiger partial charge is 0.345 e. The molecule has 25 heavy (non-hydrogen) atoms. The first-order valence-corrected chi connectivity index (χ1v) is 8.07. The molecule has 0 saturated carbocycles. The van der Waals surface area contributed by atoms with Crippen LogP contribution >= 0.6 is 11.6 Å². The van der Waals surface area contributed by atoms with Gasteiger partial charge in [-0.15, -0.1) is 0 Å². The van der Waals surface area contributed by atoms with Crippen LogP contribution in [0.4, 0.5) is 5.69 Å². The van der Waals surface area contributed by atoms with Crippen LogP contribution in [0.5, 0.6) is 0 Å². The van der Waals surface area contributed by atoms with E-state index in [-0.39, 0.29) is 28.2 Å². The number of amides is 1. The van der Waals surface area contributed by atoms with Crippen LogP contribution < -0.4 is 5.32 Å². The summed E-state index contributed by atoms with van der Waals surface area (Å²) in [5.74, 6) is -0.374. The molecule has 3 aromatic rings. The van der Waals surface area contributed by atoms with Crippen molar-refractivity contribution in [2.45, 2.75) is 13.0 Å². The van der Waals surface area contributed by atoms with Crippen molar-refractivity contribution in [2.24, 2.45) is 0 Å². The van der Waals surface area contributed by atoms with E-state index in [0.717, 1.165) is 16.3 Å². The number of hydrogen-bond acceptors (Lipinski definition) is 3. The molecule has 0 unspecified atom stereocenters. The van der Waals surface area contributed by atoms with Crippen molar-refractivity contribution in [1.29, 1.82) is 0 Å². The number of non-ortho nitro benzene ring substituents is 1. The van der Waals surface area contributed by atoms with Crippen LogP contribution in [-0.4, -0.2) is 10.8 Å². The minimum Gasteiger partial charge on any atom is -0.345 e. The van der Waals surface area contributed by atoms with E-state index in [9.17, 15) is 14.9 Å². The van der Waals surface area contributed by atoms with Crippen LogP contribution in [-0.2, 0) is 0 Å². The molecule has 0 aliphatic heterocycles. The highest BCUT2D eigenvalue weighted by Gasteiger charge is 2.17. The number of rotatable bonds is 4. The number of carbonyl (C=O) groups excluding carboxylic acids is 1. The van der Waals surface area contributed by atoms with Gasteiger partial charge >= 0.3 is 0 Å². The number of fused-ring (bicyclic) bond motifs is 1. The summed E-state index contributed by atoms with van der Waals surface area (Å²) in [7, 11) is 0. The van der Waals surface area contributed by atoms with Gasteiger partial charge in [0.25, 0.3) is 11.6 Å². The number of nitro groups is 1. The summed E-state index contributed by atoms with van der Waals surface area (Å²) in [4.78, 5) is 22.6. The molecule has 0 saturated heterocycles. The molecule has 0 bridgehead atoms. The van der Waals surface area contributed by atoms with Crippen molar-refractivity contribution in [1.82, 2.24) is 5.32 Å². The SMILES string of the molecule is C[C@@H](NC(=O)c1ccc([N+](=O)[O-])cc1Cl)c1ccc2ccccc2c1. The number of benzene rings is 3. The van der Waals surface area contributed by atoms with Crippen molar-refractivity contribution < 1.29 is 9.72 Å². The zero-order chi connectivity index (χ0) is 18.0. The fourth-order valence-electron chi connectivity index (χ4n) is 2.64. The van der Waals surface area contributed by atoms with Crippen LogP contribution in [0.1, 0.15) is 28.9 Å². The van der Waals surface area contributed by atoms with Gasteiger partial charge in [0.15, 0.2) is 0 Å². The molecule has 5 nitrogen and oxygen atoms in total. The predicted octanol–water partition coefficient (Wildman–Crippen LogP) is 4.89. The molecule has 0 heterocycles. The van der Waals surface area contributed by atoms with Crippen LogP contribution in [0, 0.1) is 10.1 Å². The van der Waals surface area contributed by atoms with Gasteiger partial charge in [-0.3, -0.25) is 14.9 Å². The van der Waals surface area contributed by atoms with E-state index in [4.69, 9.17) is 11.6 Å². The zero-order valence-electron chi connectivity index (χ0n) is 13.4. The molecular formula is C19H15ClN2O3. The molecule has 126 valence electrons. The molecule has 6 heteroatoms. The molecule has 0 aromatic heterocycles. The van der Waals surface area contributed by atoms with E-state index < -0.39 is 4.92 Å². The number of halogens is 1. The second-order valence-electron chi connectivity index (χ2n) is 5.72. The Morgan fingerprint density at radius 1 is 1.08 bits per heavy atom. The molecule has 0 spiro atoms. The minimum atomic E-state index is -0.550. The first kappa shape index (κ1) is 16.9. The summed E-state index contributed by atoms with van der Waals surface area (Å²) in [5, 5.41) is 15.9. The van der Waals surface area contributed by atoms with E-state index in [2.05, 4.69) is 5.32 Å². The third-order valence-corrected chi connectivity index (χ3v) is 4.34. The summed E-state index contributed by atoms with van der Waals surface area (Å²) in [6.07, 6.45) is 0. The molecule has 1 N–H and O–H groups in total. The molecule has 3 rings (SSSR count). The summed E-state index contributed by atoms with van der Waals surface area (Å²) in [6, 6.07) is 17.6. The van der Waals surface area contributed by atoms with Gasteiger partial charge in [0.1, 0.15) is 0 Å². The van der Waals surface area contributed by atoms with E-state index in [1.165, 1.54) is 18.2 Å². The molecule has 1 atom stereocenters. The monoisotopic (exact) mass is 354 g/mol. The first-order valence-electron chi connectivity index (χ1n) is 7.69. The third-order valence-electron chi connectivity index (χ3n) is 4.03. The van der Waals surface area contributed by atoms with E-state index >= 15 is 0 Å². The average molecular weight is 355 g/mol. The number of hydrogen-bond donors (Lipinski definition) is 1. The minimum absolute atomic E-state index is 0.0532. The van der Waals surface area contributed by atoms with Gasteiger partial charge in [0.05, 0.1) is 21.6 Å². The fraction of sp³-hybridized carbons (Fsp3) is 0.105. The summed E-state index contributed by atoms with van der Waals surface area (Å²) < 4.78 is 0. The Bertz CT molecular complexity index is 972. The molecule has 1 amide bonds. The van der Waals surface area contributed by atoms with Crippen LogP contribution in [0.25, 0.3) is 10.8 Å². The van der Waals surface area contributed by atoms with Gasteiger partial charge in [-0.25, -0.2) is 0 Å². The molecule has 0 aliphatic carbocycles. The third kappa shape index (κ3) is 3.61. The Kier molecular flexibility index (Phi) is 4.67. The van der Waals surface area contributed by atoms with Gasteiger partial charge in [0.2, 0.25) is 0 Å². The summed E-state index contributed by atoms with van der Waals surface area (Å²) >= 11 is 6.01. The van der Waals surface area contributed by atoms with Crippen molar-refractivity contribution in [3.8, 4) is 0 Å². The maximum atomic E-state index is 12.4. The average Bonchev–Trinajstić information content (AvgIpc) is 2.60. The maximum Gasteiger partial charge on any atom is 0.270 e. The zero-order valence-corrected chi connectivity index (χ0v) is 14.2. The quantitative estimate of drug-likeness (QED) is 0.535. The highest BCUT2D eigenvalue weighted by atomic mass is 35.5. The Balaban J connectivity index is 1.80. The molecular weight excluding hydrogens is 340 g/mol. The van der Waals surface area contributed by atoms with Gasteiger partial charge in [-0.05, 0) is 35.4 Å². The lowest BCUT2D eigenvalue weighted by Gasteiger charge is -2.15. The summed E-state index contributed by atoms with van der Waals surface area (Å²) in [5.41, 5.74) is 1.02. The Labute approximate surface area is 149 Å². The topological polar surface area (TPSA) is 72.2 Å². The smallest absolute Gasteiger partial charge is 0.270 e. The molecule has 0 aliphatic rings. The molecule has 3 aromatic carbocycles. The summed E-state index contributed by atoms with van der Waals surface area (Å²) in [6.45, 7) is 1.88. The van der Waals surface area contributed by atoms with Gasteiger partial charge in [0, 0.05) is 12.1 Å². The van der Waals surface area contributed by atoms with E-state index in [0.29, 0.717) is 0 Å². The molecule has 0 radical (unpaired) electrons.